The maximum absolute atomic E-state index is 11.2. The molecule has 0 radical (unpaired) electrons. The average Bonchev–Trinajstić information content (AvgIpc) is 2.91. The van der Waals surface area contributed by atoms with E-state index >= 15 is 0 Å². The van der Waals surface area contributed by atoms with Crippen molar-refractivity contribution in [2.24, 2.45) is 0 Å². The maximum Gasteiger partial charge on any atom is 0.245 e. The number of hydrogen-bond acceptors (Lipinski definition) is 5. The van der Waals surface area contributed by atoms with Gasteiger partial charge >= 0.3 is 0 Å². The number of nitrogens with zero attached hydrogens (tertiary/aromatic N) is 4. The zero-order chi connectivity index (χ0) is 14.8. The van der Waals surface area contributed by atoms with Crippen LogP contribution in [0.2, 0.25) is 5.28 Å². The number of halogens is 1. The Morgan fingerprint density at radius 2 is 2.14 bits per heavy atom. The third-order valence-corrected chi connectivity index (χ3v) is 4.04. The Morgan fingerprint density at radius 1 is 1.38 bits per heavy atom. The first-order valence-electron chi connectivity index (χ1n) is 6.93. The Kier molecular flexibility index (Phi) is 4.03. The summed E-state index contributed by atoms with van der Waals surface area (Å²) in [6.45, 7) is -0.459. The molecular formula is C13H16ClN5O2. The van der Waals surface area contributed by atoms with Crippen molar-refractivity contribution in [2.45, 2.75) is 37.8 Å². The Balaban J connectivity index is 1.71. The average molecular weight is 310 g/mol. The molecule has 0 unspecified atom stereocenters. The number of hydrogen-bond donors (Lipinski definition) is 2. The molecule has 1 saturated carbocycles. The van der Waals surface area contributed by atoms with Crippen molar-refractivity contribution in [3.63, 3.8) is 0 Å². The standard InChI is InChI=1S/C13H16ClN5O2/c14-13-15-5-8-6-16-19(12(8)18-13)10-3-1-9(2-4-10)17-11(21)7-20/h5-6,9-10,20H,1-4,7H2,(H,17,21). The van der Waals surface area contributed by atoms with E-state index < -0.39 is 6.61 Å². The molecule has 3 rings (SSSR count). The van der Waals surface area contributed by atoms with E-state index in [1.807, 2.05) is 4.68 Å². The minimum absolute atomic E-state index is 0.126. The predicted molar refractivity (Wildman–Crippen MR) is 76.9 cm³/mol. The second-order valence-corrected chi connectivity index (χ2v) is 5.58. The molecule has 0 atom stereocenters. The molecule has 8 heteroatoms. The number of fused-ring (bicyclic) bond motifs is 1. The fraction of sp³-hybridized carbons (Fsp3) is 0.538. The van der Waals surface area contributed by atoms with Gasteiger partial charge in [-0.05, 0) is 37.3 Å². The van der Waals surface area contributed by atoms with Crippen molar-refractivity contribution in [1.82, 2.24) is 25.1 Å². The molecule has 1 fully saturated rings. The van der Waals surface area contributed by atoms with E-state index in [-0.39, 0.29) is 23.3 Å². The molecule has 21 heavy (non-hydrogen) atoms. The van der Waals surface area contributed by atoms with Gasteiger partial charge in [0.15, 0.2) is 5.65 Å². The zero-order valence-corrected chi connectivity index (χ0v) is 12.1. The molecule has 1 amide bonds. The fourth-order valence-electron chi connectivity index (χ4n) is 2.82. The second-order valence-electron chi connectivity index (χ2n) is 5.24. The number of nitrogens with one attached hydrogen (secondary N) is 1. The third kappa shape index (κ3) is 2.98. The van der Waals surface area contributed by atoms with Gasteiger partial charge in [-0.2, -0.15) is 10.1 Å². The summed E-state index contributed by atoms with van der Waals surface area (Å²) in [5.41, 5.74) is 0.748. The highest BCUT2D eigenvalue weighted by atomic mass is 35.5. The summed E-state index contributed by atoms with van der Waals surface area (Å²) in [7, 11) is 0. The fourth-order valence-corrected chi connectivity index (χ4v) is 2.95. The van der Waals surface area contributed by atoms with Gasteiger partial charge in [-0.15, -0.1) is 0 Å². The number of aliphatic hydroxyl groups is 1. The Morgan fingerprint density at radius 3 is 2.86 bits per heavy atom. The largest absolute Gasteiger partial charge is 0.387 e. The van der Waals surface area contributed by atoms with Crippen molar-refractivity contribution in [2.75, 3.05) is 6.61 Å². The molecule has 2 aromatic heterocycles. The second kappa shape index (κ2) is 5.95. The van der Waals surface area contributed by atoms with Crippen LogP contribution in [0.15, 0.2) is 12.4 Å². The van der Waals surface area contributed by atoms with E-state index in [9.17, 15) is 4.79 Å². The van der Waals surface area contributed by atoms with Crippen LogP contribution in [0.1, 0.15) is 31.7 Å². The molecule has 0 bridgehead atoms. The van der Waals surface area contributed by atoms with Crippen LogP contribution >= 0.6 is 11.6 Å². The van der Waals surface area contributed by atoms with Crippen molar-refractivity contribution in [1.29, 1.82) is 0 Å². The molecule has 0 aromatic carbocycles. The van der Waals surface area contributed by atoms with E-state index in [1.165, 1.54) is 0 Å². The van der Waals surface area contributed by atoms with E-state index in [4.69, 9.17) is 16.7 Å². The SMILES string of the molecule is O=C(CO)NC1CCC(n2ncc3cnc(Cl)nc32)CC1. The lowest BCUT2D eigenvalue weighted by molar-refractivity contribution is -0.124. The van der Waals surface area contributed by atoms with Crippen molar-refractivity contribution < 1.29 is 9.90 Å². The molecule has 0 aliphatic heterocycles. The van der Waals surface area contributed by atoms with Crippen LogP contribution < -0.4 is 5.32 Å². The Bertz CT molecular complexity index is 651. The highest BCUT2D eigenvalue weighted by molar-refractivity contribution is 6.28. The summed E-state index contributed by atoms with van der Waals surface area (Å²) in [5, 5.41) is 17.1. The van der Waals surface area contributed by atoms with Crippen LogP contribution in [0.25, 0.3) is 11.0 Å². The molecule has 2 aromatic rings. The number of aromatic nitrogens is 4. The van der Waals surface area contributed by atoms with Gasteiger partial charge in [0.25, 0.3) is 0 Å². The lowest BCUT2D eigenvalue weighted by Crippen LogP contribution is -2.39. The first kappa shape index (κ1) is 14.2. The summed E-state index contributed by atoms with van der Waals surface area (Å²) in [6.07, 6.45) is 6.92. The molecule has 0 saturated heterocycles. The first-order chi connectivity index (χ1) is 10.2. The van der Waals surface area contributed by atoms with Gasteiger partial charge in [-0.25, -0.2) is 9.67 Å². The van der Waals surface area contributed by atoms with Gasteiger partial charge in [-0.1, -0.05) is 0 Å². The van der Waals surface area contributed by atoms with E-state index in [0.717, 1.165) is 36.7 Å². The summed E-state index contributed by atoms with van der Waals surface area (Å²) in [6, 6.07) is 0.372. The lowest BCUT2D eigenvalue weighted by atomic mass is 9.91. The van der Waals surface area contributed by atoms with Crippen LogP contribution in [-0.4, -0.2) is 43.4 Å². The number of amides is 1. The van der Waals surface area contributed by atoms with Crippen molar-refractivity contribution in [3.8, 4) is 0 Å². The van der Waals surface area contributed by atoms with E-state index in [0.29, 0.717) is 0 Å². The van der Waals surface area contributed by atoms with Crippen molar-refractivity contribution in [3.05, 3.63) is 17.7 Å². The van der Waals surface area contributed by atoms with Gasteiger partial charge < -0.3 is 10.4 Å². The molecular weight excluding hydrogens is 294 g/mol. The van der Waals surface area contributed by atoms with Crippen LogP contribution in [0.4, 0.5) is 0 Å². The number of carbonyl (C=O) groups excluding carboxylic acids is 1. The zero-order valence-electron chi connectivity index (χ0n) is 11.4. The quantitative estimate of drug-likeness (QED) is 0.827. The van der Waals surface area contributed by atoms with Crippen LogP contribution in [0, 0.1) is 0 Å². The highest BCUT2D eigenvalue weighted by Crippen LogP contribution is 2.30. The van der Waals surface area contributed by atoms with Crippen LogP contribution in [-0.2, 0) is 4.79 Å². The summed E-state index contributed by atoms with van der Waals surface area (Å²) >= 11 is 5.85. The third-order valence-electron chi connectivity index (χ3n) is 3.86. The Hall–Kier alpha value is -1.73. The molecule has 7 nitrogen and oxygen atoms in total. The van der Waals surface area contributed by atoms with Gasteiger partial charge in [0.05, 0.1) is 17.6 Å². The molecule has 2 N–H and O–H groups in total. The Labute approximate surface area is 126 Å². The van der Waals surface area contributed by atoms with Crippen LogP contribution in [0.3, 0.4) is 0 Å². The molecule has 1 aliphatic rings. The van der Waals surface area contributed by atoms with Gasteiger partial charge in [0, 0.05) is 12.2 Å². The van der Waals surface area contributed by atoms with E-state index in [2.05, 4.69) is 20.4 Å². The van der Waals surface area contributed by atoms with E-state index in [1.54, 1.807) is 12.4 Å². The number of aliphatic hydroxyl groups excluding tert-OH is 1. The summed E-state index contributed by atoms with van der Waals surface area (Å²) in [4.78, 5) is 19.4. The monoisotopic (exact) mass is 309 g/mol. The number of rotatable bonds is 3. The van der Waals surface area contributed by atoms with Gasteiger partial charge in [0.1, 0.15) is 6.61 Å². The molecule has 1 aliphatic carbocycles. The predicted octanol–water partition coefficient (Wildman–Crippen LogP) is 1.07. The first-order valence-corrected chi connectivity index (χ1v) is 7.31. The smallest absolute Gasteiger partial charge is 0.245 e. The normalized spacial score (nSPS) is 22.4. The number of carbonyl (C=O) groups is 1. The minimum Gasteiger partial charge on any atom is -0.387 e. The van der Waals surface area contributed by atoms with Gasteiger partial charge in [-0.3, -0.25) is 4.79 Å². The van der Waals surface area contributed by atoms with Crippen LogP contribution in [0.5, 0.6) is 0 Å². The maximum atomic E-state index is 11.2. The lowest BCUT2D eigenvalue weighted by Gasteiger charge is -2.29. The van der Waals surface area contributed by atoms with Crippen molar-refractivity contribution >= 4 is 28.5 Å². The molecule has 0 spiro atoms. The minimum atomic E-state index is -0.459. The molecule has 2 heterocycles. The topological polar surface area (TPSA) is 92.9 Å². The summed E-state index contributed by atoms with van der Waals surface area (Å²) in [5.74, 6) is -0.317. The molecule has 112 valence electrons. The highest BCUT2D eigenvalue weighted by Gasteiger charge is 2.25. The summed E-state index contributed by atoms with van der Waals surface area (Å²) < 4.78 is 1.90. The van der Waals surface area contributed by atoms with Gasteiger partial charge in [0.2, 0.25) is 11.2 Å².